The molecular formula is C27H33N5O3. The highest BCUT2D eigenvalue weighted by Gasteiger charge is 2.31. The van der Waals surface area contributed by atoms with Gasteiger partial charge in [-0.15, -0.1) is 0 Å². The maximum Gasteiger partial charge on any atom is 0.254 e. The number of methoxy groups -OCH3 is 1. The van der Waals surface area contributed by atoms with Crippen LogP contribution in [-0.2, 0) is 4.74 Å². The van der Waals surface area contributed by atoms with Crippen molar-refractivity contribution >= 4 is 28.3 Å². The molecule has 2 aromatic carbocycles. The molecule has 1 aliphatic heterocycles. The van der Waals surface area contributed by atoms with Crippen molar-refractivity contribution in [1.82, 2.24) is 19.3 Å². The van der Waals surface area contributed by atoms with E-state index in [1.807, 2.05) is 76.4 Å². The third kappa shape index (κ3) is 4.79. The zero-order valence-electron chi connectivity index (χ0n) is 21.4. The molecular weight excluding hydrogens is 442 g/mol. The van der Waals surface area contributed by atoms with Crippen LogP contribution in [0.1, 0.15) is 54.1 Å². The van der Waals surface area contributed by atoms with E-state index in [1.165, 1.54) is 0 Å². The van der Waals surface area contributed by atoms with Gasteiger partial charge in [0.15, 0.2) is 0 Å². The highest BCUT2D eigenvalue weighted by atomic mass is 16.5. The van der Waals surface area contributed by atoms with Gasteiger partial charge in [0.2, 0.25) is 0 Å². The van der Waals surface area contributed by atoms with Crippen LogP contribution in [0.15, 0.2) is 42.6 Å². The molecule has 0 aliphatic carbocycles. The average Bonchev–Trinajstić information content (AvgIpc) is 3.42. The molecule has 1 amide bonds. The smallest absolute Gasteiger partial charge is 0.254 e. The molecule has 2 aromatic heterocycles. The van der Waals surface area contributed by atoms with Gasteiger partial charge in [-0.25, -0.2) is 9.97 Å². The van der Waals surface area contributed by atoms with E-state index in [4.69, 9.17) is 15.2 Å². The number of nitrogen functional groups attached to an aromatic ring is 1. The summed E-state index contributed by atoms with van der Waals surface area (Å²) in [7, 11) is 3.52. The Labute approximate surface area is 205 Å². The fraction of sp³-hybridized carbons (Fsp3) is 0.370. The number of anilines is 1. The third-order valence-electron chi connectivity index (χ3n) is 6.23. The molecule has 1 aliphatic rings. The van der Waals surface area contributed by atoms with Crippen LogP contribution in [0.2, 0.25) is 0 Å². The van der Waals surface area contributed by atoms with Crippen LogP contribution in [0.5, 0.6) is 5.75 Å². The van der Waals surface area contributed by atoms with E-state index in [0.717, 1.165) is 39.3 Å². The average molecular weight is 476 g/mol. The Hall–Kier alpha value is -3.65. The largest absolute Gasteiger partial charge is 0.491 e. The minimum atomic E-state index is -0.117. The van der Waals surface area contributed by atoms with Gasteiger partial charge < -0.3 is 20.1 Å². The highest BCUT2D eigenvalue weighted by Crippen LogP contribution is 2.36. The Morgan fingerprint density at radius 1 is 1.17 bits per heavy atom. The number of hydrogen-bond acceptors (Lipinski definition) is 6. The molecule has 35 heavy (non-hydrogen) atoms. The quantitative estimate of drug-likeness (QED) is 0.451. The monoisotopic (exact) mass is 475 g/mol. The summed E-state index contributed by atoms with van der Waals surface area (Å²) in [5, 5.41) is 0. The van der Waals surface area contributed by atoms with Crippen LogP contribution < -0.4 is 10.5 Å². The number of nitrogens with zero attached hydrogens (tertiary/aromatic N) is 4. The molecule has 184 valence electrons. The second kappa shape index (κ2) is 9.19. The lowest BCUT2D eigenvalue weighted by molar-refractivity contribution is 0.0397. The number of aryl methyl sites for hydroxylation is 2. The summed E-state index contributed by atoms with van der Waals surface area (Å²) in [4.78, 5) is 23.8. The van der Waals surface area contributed by atoms with Gasteiger partial charge in [0, 0.05) is 25.3 Å². The lowest BCUT2D eigenvalue weighted by atomic mass is 10.0. The van der Waals surface area contributed by atoms with Crippen molar-refractivity contribution in [3.63, 3.8) is 0 Å². The number of carbonyl (C=O) groups is 1. The summed E-state index contributed by atoms with van der Waals surface area (Å²) in [6, 6.07) is 11.5. The van der Waals surface area contributed by atoms with Gasteiger partial charge in [0.1, 0.15) is 29.5 Å². The summed E-state index contributed by atoms with van der Waals surface area (Å²) in [5.41, 5.74) is 11.1. The van der Waals surface area contributed by atoms with Gasteiger partial charge in [-0.1, -0.05) is 12.1 Å². The molecule has 4 aromatic rings. The van der Waals surface area contributed by atoms with Gasteiger partial charge in [-0.3, -0.25) is 9.20 Å². The number of aromatic nitrogens is 3. The van der Waals surface area contributed by atoms with E-state index in [2.05, 4.69) is 9.97 Å². The maximum absolute atomic E-state index is 13.3. The van der Waals surface area contributed by atoms with Gasteiger partial charge in [0.25, 0.3) is 5.91 Å². The normalized spacial score (nSPS) is 14.9. The van der Waals surface area contributed by atoms with Crippen molar-refractivity contribution in [1.29, 1.82) is 0 Å². The summed E-state index contributed by atoms with van der Waals surface area (Å²) < 4.78 is 12.7. The maximum atomic E-state index is 13.3. The predicted molar refractivity (Wildman–Crippen MR) is 138 cm³/mol. The van der Waals surface area contributed by atoms with Gasteiger partial charge in [-0.2, -0.15) is 0 Å². The van der Waals surface area contributed by atoms with E-state index in [1.54, 1.807) is 24.3 Å². The predicted octanol–water partition coefficient (Wildman–Crippen LogP) is 4.72. The van der Waals surface area contributed by atoms with E-state index >= 15 is 0 Å². The number of nitrogens with two attached hydrogens (primary N) is 1. The first-order valence-electron chi connectivity index (χ1n) is 11.6. The standard InChI is InChI=1S/C22H21N5O2.C5H12O/c1-12-4-6-15-19(11-29-20(15)8-12)26(3)22(28)14-5-7-16-17(9-14)27-13(2)24-10-18(27)21(23)25-16;1-5(2,3)6-4/h4-10,19H,11H2,1-3H3,(H2,23,25);1-4H3. The Morgan fingerprint density at radius 3 is 2.57 bits per heavy atom. The first-order valence-corrected chi connectivity index (χ1v) is 11.6. The second-order valence-electron chi connectivity index (χ2n) is 9.83. The van der Waals surface area contributed by atoms with Crippen molar-refractivity contribution in [2.75, 3.05) is 26.5 Å². The molecule has 0 bridgehead atoms. The first-order chi connectivity index (χ1) is 16.5. The minimum absolute atomic E-state index is 0.0417. The summed E-state index contributed by atoms with van der Waals surface area (Å²) >= 11 is 0. The fourth-order valence-electron chi connectivity index (χ4n) is 4.01. The van der Waals surface area contributed by atoms with E-state index in [-0.39, 0.29) is 17.6 Å². The summed E-state index contributed by atoms with van der Waals surface area (Å²) in [6.07, 6.45) is 1.70. The molecule has 0 saturated heterocycles. The van der Waals surface area contributed by atoms with Crippen LogP contribution in [0.3, 0.4) is 0 Å². The van der Waals surface area contributed by atoms with E-state index in [0.29, 0.717) is 18.0 Å². The SMILES string of the molecule is COC(C)(C)C.Cc1ccc2c(c1)OCC2N(C)C(=O)c1ccc2nc(N)c3cnc(C)n3c2c1. The number of likely N-dealkylation sites (N-methyl/N-ethyl adjacent to an activating group) is 1. The molecule has 0 spiro atoms. The zero-order valence-corrected chi connectivity index (χ0v) is 21.4. The van der Waals surface area contributed by atoms with Crippen molar-refractivity contribution in [3.05, 3.63) is 65.1 Å². The number of rotatable bonds is 2. The third-order valence-corrected chi connectivity index (χ3v) is 6.23. The molecule has 2 N–H and O–H groups in total. The van der Waals surface area contributed by atoms with Gasteiger partial charge >= 0.3 is 0 Å². The molecule has 0 radical (unpaired) electrons. The Bertz CT molecular complexity index is 1400. The lowest BCUT2D eigenvalue weighted by Crippen LogP contribution is -2.32. The number of ether oxygens (including phenoxy) is 2. The van der Waals surface area contributed by atoms with E-state index < -0.39 is 0 Å². The molecule has 1 unspecified atom stereocenters. The summed E-state index contributed by atoms with van der Waals surface area (Å²) in [5.74, 6) is 2.00. The number of hydrogen-bond donors (Lipinski definition) is 1. The Balaban J connectivity index is 0.000000431. The van der Waals surface area contributed by atoms with Gasteiger partial charge in [-0.05, 0) is 64.4 Å². The van der Waals surface area contributed by atoms with Gasteiger partial charge in [0.05, 0.1) is 28.9 Å². The number of amides is 1. The number of fused-ring (bicyclic) bond motifs is 4. The molecule has 8 heteroatoms. The highest BCUT2D eigenvalue weighted by molar-refractivity contribution is 5.98. The fourth-order valence-corrected chi connectivity index (χ4v) is 4.01. The molecule has 5 rings (SSSR count). The van der Waals surface area contributed by atoms with E-state index in [9.17, 15) is 4.79 Å². The van der Waals surface area contributed by atoms with Crippen molar-refractivity contribution in [2.45, 2.75) is 46.3 Å². The zero-order chi connectivity index (χ0) is 25.5. The Kier molecular flexibility index (Phi) is 6.42. The van der Waals surface area contributed by atoms with Crippen molar-refractivity contribution in [2.24, 2.45) is 0 Å². The lowest BCUT2D eigenvalue weighted by Gasteiger charge is -2.24. The molecule has 3 heterocycles. The van der Waals surface area contributed by atoms with Crippen molar-refractivity contribution < 1.29 is 14.3 Å². The Morgan fingerprint density at radius 2 is 1.89 bits per heavy atom. The molecule has 1 atom stereocenters. The molecule has 8 nitrogen and oxygen atoms in total. The number of imidazole rings is 1. The topological polar surface area (TPSA) is 95.0 Å². The second-order valence-corrected chi connectivity index (χ2v) is 9.83. The number of benzene rings is 2. The summed E-state index contributed by atoms with van der Waals surface area (Å²) in [6.45, 7) is 10.5. The van der Waals surface area contributed by atoms with Crippen molar-refractivity contribution in [3.8, 4) is 5.75 Å². The minimum Gasteiger partial charge on any atom is -0.491 e. The molecule has 0 fully saturated rings. The molecule has 0 saturated carbocycles. The first kappa shape index (κ1) is 24.5. The van der Waals surface area contributed by atoms with Crippen LogP contribution >= 0.6 is 0 Å². The van der Waals surface area contributed by atoms with Crippen LogP contribution in [0, 0.1) is 13.8 Å². The van der Waals surface area contributed by atoms with Crippen LogP contribution in [0.25, 0.3) is 16.6 Å². The van der Waals surface area contributed by atoms with Crippen LogP contribution in [-0.4, -0.2) is 51.5 Å². The number of carbonyl (C=O) groups excluding carboxylic acids is 1. The van der Waals surface area contributed by atoms with Crippen LogP contribution in [0.4, 0.5) is 5.82 Å².